The van der Waals surface area contributed by atoms with Crippen molar-refractivity contribution in [2.24, 2.45) is 5.90 Å². The lowest BCUT2D eigenvalue weighted by molar-refractivity contribution is -0.122. The maximum Gasteiger partial charge on any atom is 0.234 e. The van der Waals surface area contributed by atoms with E-state index in [1.807, 2.05) is 0 Å². The Morgan fingerprint density at radius 2 is 2.07 bits per heavy atom. The highest BCUT2D eigenvalue weighted by Crippen LogP contribution is 1.97. The van der Waals surface area contributed by atoms with Crippen molar-refractivity contribution in [1.82, 2.24) is 15.1 Å². The van der Waals surface area contributed by atoms with Crippen molar-refractivity contribution in [3.63, 3.8) is 0 Å². The minimum atomic E-state index is 0.0385. The summed E-state index contributed by atoms with van der Waals surface area (Å²) in [5.74, 6) is 4.89. The summed E-state index contributed by atoms with van der Waals surface area (Å²) < 4.78 is 0. The van der Waals surface area contributed by atoms with Gasteiger partial charge in [0, 0.05) is 32.7 Å². The highest BCUT2D eigenvalue weighted by Gasteiger charge is 2.15. The molecule has 0 aromatic carbocycles. The van der Waals surface area contributed by atoms with Gasteiger partial charge in [-0.2, -0.15) is 0 Å². The van der Waals surface area contributed by atoms with Crippen molar-refractivity contribution >= 4 is 5.91 Å². The third-order valence-electron chi connectivity index (χ3n) is 2.51. The van der Waals surface area contributed by atoms with E-state index in [0.29, 0.717) is 19.7 Å². The first kappa shape index (κ1) is 12.4. The average molecular weight is 216 g/mol. The van der Waals surface area contributed by atoms with Crippen LogP contribution < -0.4 is 11.2 Å². The Labute approximate surface area is 90.3 Å². The molecule has 0 atom stereocenters. The molecule has 0 bridgehead atoms. The predicted molar refractivity (Wildman–Crippen MR) is 57.1 cm³/mol. The fourth-order valence-corrected chi connectivity index (χ4v) is 1.51. The number of nitrogens with two attached hydrogens (primary N) is 1. The smallest absolute Gasteiger partial charge is 0.234 e. The van der Waals surface area contributed by atoms with E-state index in [-0.39, 0.29) is 5.91 Å². The summed E-state index contributed by atoms with van der Waals surface area (Å²) in [4.78, 5) is 20.2. The van der Waals surface area contributed by atoms with Gasteiger partial charge in [-0.1, -0.05) is 0 Å². The molecular weight excluding hydrogens is 196 g/mol. The highest BCUT2D eigenvalue weighted by molar-refractivity contribution is 5.77. The summed E-state index contributed by atoms with van der Waals surface area (Å²) in [5.41, 5.74) is 0. The Bertz CT molecular complexity index is 193. The summed E-state index contributed by atoms with van der Waals surface area (Å²) in [6.07, 6.45) is 0. The summed E-state index contributed by atoms with van der Waals surface area (Å²) >= 11 is 0. The lowest BCUT2D eigenvalue weighted by Gasteiger charge is -2.31. The number of likely N-dealkylation sites (N-methyl/N-ethyl adjacent to an activating group) is 1. The number of piperazine rings is 1. The number of nitrogens with zero attached hydrogens (tertiary/aromatic N) is 2. The lowest BCUT2D eigenvalue weighted by atomic mass is 10.3. The van der Waals surface area contributed by atoms with Gasteiger partial charge < -0.3 is 15.1 Å². The number of carbonyl (C=O) groups excluding carboxylic acids is 1. The maximum absolute atomic E-state index is 11.4. The third kappa shape index (κ3) is 5.08. The largest absolute Gasteiger partial charge is 0.353 e. The van der Waals surface area contributed by atoms with Crippen LogP contribution in [-0.2, 0) is 9.63 Å². The Hall–Kier alpha value is -0.690. The molecule has 1 rings (SSSR count). The molecule has 1 amide bonds. The molecule has 0 saturated carbocycles. The molecule has 0 aliphatic carbocycles. The van der Waals surface area contributed by atoms with Crippen molar-refractivity contribution in [2.45, 2.75) is 0 Å². The van der Waals surface area contributed by atoms with Gasteiger partial charge in [0.2, 0.25) is 5.91 Å². The lowest BCUT2D eigenvalue weighted by Crippen LogP contribution is -2.48. The van der Waals surface area contributed by atoms with Gasteiger partial charge in [0.1, 0.15) is 0 Å². The van der Waals surface area contributed by atoms with Gasteiger partial charge in [-0.25, -0.2) is 5.90 Å². The summed E-state index contributed by atoms with van der Waals surface area (Å²) in [7, 11) is 2.09. The highest BCUT2D eigenvalue weighted by atomic mass is 16.6. The third-order valence-corrected chi connectivity index (χ3v) is 2.51. The molecule has 3 N–H and O–H groups in total. The zero-order valence-corrected chi connectivity index (χ0v) is 9.24. The molecule has 1 heterocycles. The monoisotopic (exact) mass is 216 g/mol. The van der Waals surface area contributed by atoms with Crippen LogP contribution in [0.3, 0.4) is 0 Å². The van der Waals surface area contributed by atoms with Crippen LogP contribution in [0, 0.1) is 0 Å². The molecule has 1 saturated heterocycles. The van der Waals surface area contributed by atoms with Gasteiger partial charge in [0.15, 0.2) is 0 Å². The molecule has 88 valence electrons. The Morgan fingerprint density at radius 3 is 2.67 bits per heavy atom. The SMILES string of the molecule is CN1CCN(CC(=O)NCCON)CC1. The van der Waals surface area contributed by atoms with Crippen molar-refractivity contribution in [3.05, 3.63) is 0 Å². The van der Waals surface area contributed by atoms with Crippen LogP contribution in [0.1, 0.15) is 0 Å². The molecule has 1 aliphatic rings. The standard InChI is InChI=1S/C9H20N4O2/c1-12-3-5-13(6-4-12)8-9(14)11-2-7-15-10/h2-8,10H2,1H3,(H,11,14). The van der Waals surface area contributed by atoms with E-state index in [4.69, 9.17) is 5.90 Å². The predicted octanol–water partition coefficient (Wildman–Crippen LogP) is -1.76. The maximum atomic E-state index is 11.4. The van der Waals surface area contributed by atoms with E-state index in [1.54, 1.807) is 0 Å². The Balaban J connectivity index is 2.09. The van der Waals surface area contributed by atoms with Crippen molar-refractivity contribution in [2.75, 3.05) is 52.9 Å². The van der Waals surface area contributed by atoms with Gasteiger partial charge in [-0.05, 0) is 7.05 Å². The second kappa shape index (κ2) is 6.73. The molecule has 0 aromatic rings. The van der Waals surface area contributed by atoms with E-state index < -0.39 is 0 Å². The van der Waals surface area contributed by atoms with Gasteiger partial charge in [-0.15, -0.1) is 0 Å². The summed E-state index contributed by atoms with van der Waals surface area (Å²) in [6.45, 7) is 5.27. The van der Waals surface area contributed by atoms with E-state index in [9.17, 15) is 4.79 Å². The molecule has 1 aliphatic heterocycles. The van der Waals surface area contributed by atoms with Gasteiger partial charge >= 0.3 is 0 Å². The molecule has 0 aromatic heterocycles. The first-order valence-corrected chi connectivity index (χ1v) is 5.21. The fourth-order valence-electron chi connectivity index (χ4n) is 1.51. The van der Waals surface area contributed by atoms with E-state index in [0.717, 1.165) is 26.2 Å². The molecular formula is C9H20N4O2. The van der Waals surface area contributed by atoms with E-state index in [2.05, 4.69) is 27.0 Å². The quantitative estimate of drug-likeness (QED) is 0.421. The normalized spacial score (nSPS) is 19.1. The van der Waals surface area contributed by atoms with Crippen LogP contribution in [0.4, 0.5) is 0 Å². The second-order valence-electron chi connectivity index (χ2n) is 3.80. The fraction of sp³-hybridized carbons (Fsp3) is 0.889. The topological polar surface area (TPSA) is 70.8 Å². The van der Waals surface area contributed by atoms with E-state index >= 15 is 0 Å². The first-order valence-electron chi connectivity index (χ1n) is 5.21. The number of rotatable bonds is 5. The molecule has 15 heavy (non-hydrogen) atoms. The second-order valence-corrected chi connectivity index (χ2v) is 3.80. The molecule has 6 heteroatoms. The molecule has 6 nitrogen and oxygen atoms in total. The summed E-state index contributed by atoms with van der Waals surface area (Å²) in [5, 5.41) is 2.74. The first-order chi connectivity index (χ1) is 7.22. The molecule has 0 spiro atoms. The Kier molecular flexibility index (Phi) is 5.56. The zero-order chi connectivity index (χ0) is 11.1. The zero-order valence-electron chi connectivity index (χ0n) is 9.24. The number of hydrogen-bond donors (Lipinski definition) is 2. The minimum Gasteiger partial charge on any atom is -0.353 e. The van der Waals surface area contributed by atoms with Crippen LogP contribution in [0.15, 0.2) is 0 Å². The van der Waals surface area contributed by atoms with E-state index in [1.165, 1.54) is 0 Å². The van der Waals surface area contributed by atoms with Crippen LogP contribution in [0.2, 0.25) is 0 Å². The summed E-state index contributed by atoms with van der Waals surface area (Å²) in [6, 6.07) is 0. The number of nitrogens with one attached hydrogen (secondary N) is 1. The van der Waals surface area contributed by atoms with Crippen molar-refractivity contribution in [1.29, 1.82) is 0 Å². The van der Waals surface area contributed by atoms with Crippen molar-refractivity contribution < 1.29 is 9.63 Å². The number of carbonyl (C=O) groups is 1. The van der Waals surface area contributed by atoms with Crippen LogP contribution >= 0.6 is 0 Å². The van der Waals surface area contributed by atoms with Crippen LogP contribution in [0.25, 0.3) is 0 Å². The van der Waals surface area contributed by atoms with Gasteiger partial charge in [0.25, 0.3) is 0 Å². The number of hydrogen-bond acceptors (Lipinski definition) is 5. The van der Waals surface area contributed by atoms with Crippen LogP contribution in [0.5, 0.6) is 0 Å². The molecule has 1 fully saturated rings. The van der Waals surface area contributed by atoms with Gasteiger partial charge in [0.05, 0.1) is 13.2 Å². The number of amides is 1. The van der Waals surface area contributed by atoms with Gasteiger partial charge in [-0.3, -0.25) is 9.69 Å². The molecule has 0 radical (unpaired) electrons. The average Bonchev–Trinajstić information content (AvgIpc) is 2.22. The minimum absolute atomic E-state index is 0.0385. The Morgan fingerprint density at radius 1 is 1.40 bits per heavy atom. The van der Waals surface area contributed by atoms with Crippen molar-refractivity contribution in [3.8, 4) is 0 Å². The van der Waals surface area contributed by atoms with Crippen LogP contribution in [-0.4, -0.2) is 68.6 Å². The molecule has 0 unspecified atom stereocenters.